The lowest BCUT2D eigenvalue weighted by Gasteiger charge is -2.20. The number of methoxy groups -OCH3 is 1. The van der Waals surface area contributed by atoms with Gasteiger partial charge in [-0.1, -0.05) is 70.0 Å². The van der Waals surface area contributed by atoms with Gasteiger partial charge in [-0.25, -0.2) is 4.79 Å². The van der Waals surface area contributed by atoms with Crippen molar-refractivity contribution in [1.82, 2.24) is 0 Å². The van der Waals surface area contributed by atoms with Gasteiger partial charge in [0.1, 0.15) is 34.3 Å². The standard InChI is InChI=1S/2C11H14O2.C10H18O2.C9H16O2.2C8H16O2.2C7H14O2.2C6H12O2/c1-11(2,3)10(12)13-9-7-5-4-6-8-9;1-11(2,3)13-10(12)9-7-5-4-6-8-9;1-10(2,3)9(11)12-8-6-4-5-7-8;1-7(2)11-9(10)8-5-3-4-6-8;1-6(2)10-7(9)8(3,4)5;1-6(2)7(9)10-8(3,4)5;1-5-9-6(8)7(2,3)4;1-5-6(8)9-7(2,3)4;1-6(2,3)5(7)8-4;1-5(7)8-6(2,3)4/h2*4-8H,1-3H3;8H,4-7H2,1-3H3;7-8H,3-6H2,1-2H3;2*6H,1-5H3;2*5H2,1-4H3;2*1-4H3. The molecule has 2 aliphatic carbocycles. The van der Waals surface area contributed by atoms with Crippen LogP contribution in [0, 0.1) is 38.9 Å². The van der Waals surface area contributed by atoms with Crippen molar-refractivity contribution < 1.29 is 95.3 Å². The quantitative estimate of drug-likeness (QED) is 0.128. The molecule has 103 heavy (non-hydrogen) atoms. The van der Waals surface area contributed by atoms with E-state index in [1.165, 1.54) is 39.7 Å². The molecular formula is C83H146O20. The molecule has 0 N–H and O–H groups in total. The summed E-state index contributed by atoms with van der Waals surface area (Å²) >= 11 is 0. The highest BCUT2D eigenvalue weighted by atomic mass is 16.6. The van der Waals surface area contributed by atoms with E-state index in [0.29, 0.717) is 24.3 Å². The maximum absolute atomic E-state index is 11.4. The summed E-state index contributed by atoms with van der Waals surface area (Å²) < 4.78 is 49.8. The van der Waals surface area contributed by atoms with Gasteiger partial charge < -0.3 is 47.4 Å². The van der Waals surface area contributed by atoms with Crippen LogP contribution in [-0.4, -0.2) is 114 Å². The minimum absolute atomic E-state index is 0.00766. The predicted molar refractivity (Wildman–Crippen MR) is 411 cm³/mol. The van der Waals surface area contributed by atoms with Crippen molar-refractivity contribution in [2.45, 2.75) is 348 Å². The summed E-state index contributed by atoms with van der Waals surface area (Å²) in [6.45, 7) is 66.6. The zero-order chi connectivity index (χ0) is 82.5. The van der Waals surface area contributed by atoms with E-state index >= 15 is 0 Å². The minimum atomic E-state index is -0.449. The maximum atomic E-state index is 11.4. The van der Waals surface area contributed by atoms with Gasteiger partial charge in [-0.15, -0.1) is 0 Å². The molecular weight excluding hydrogens is 1320 g/mol. The second-order valence-electron chi connectivity index (χ2n) is 34.6. The number of benzene rings is 2. The minimum Gasteiger partial charge on any atom is -0.469 e. The van der Waals surface area contributed by atoms with E-state index in [1.807, 2.05) is 272 Å². The number of carbonyl (C=O) groups excluding carboxylic acids is 10. The monoisotopic (exact) mass is 1460 g/mol. The molecule has 20 nitrogen and oxygen atoms in total. The molecule has 0 atom stereocenters. The number of ether oxygens (including phenoxy) is 10. The Balaban J connectivity index is -0.000000255. The van der Waals surface area contributed by atoms with Crippen molar-refractivity contribution >= 4 is 59.7 Å². The van der Waals surface area contributed by atoms with Gasteiger partial charge >= 0.3 is 59.7 Å². The van der Waals surface area contributed by atoms with Gasteiger partial charge in [-0.3, -0.25) is 43.2 Å². The van der Waals surface area contributed by atoms with Crippen LogP contribution >= 0.6 is 0 Å². The third kappa shape index (κ3) is 70.6. The summed E-state index contributed by atoms with van der Waals surface area (Å²) in [6, 6.07) is 18.1. The van der Waals surface area contributed by atoms with Crippen molar-refractivity contribution in [3.05, 3.63) is 66.2 Å². The highest BCUT2D eigenvalue weighted by molar-refractivity contribution is 5.89. The van der Waals surface area contributed by atoms with E-state index in [4.69, 9.17) is 42.6 Å². The third-order valence-corrected chi connectivity index (χ3v) is 11.9. The molecule has 0 spiro atoms. The highest BCUT2D eigenvalue weighted by Crippen LogP contribution is 2.27. The Labute approximate surface area is 624 Å². The van der Waals surface area contributed by atoms with E-state index in [-0.39, 0.29) is 128 Å². The first-order chi connectivity index (χ1) is 46.2. The van der Waals surface area contributed by atoms with Crippen molar-refractivity contribution in [2.75, 3.05) is 13.7 Å². The molecule has 598 valence electrons. The lowest BCUT2D eigenvalue weighted by atomic mass is 9.97. The molecule has 0 unspecified atom stereocenters. The average Bonchev–Trinajstić information content (AvgIpc) is 1.03. The van der Waals surface area contributed by atoms with E-state index in [0.717, 1.165) is 25.7 Å². The summed E-state index contributed by atoms with van der Waals surface area (Å²) in [5, 5.41) is 0. The number of hydrogen-bond donors (Lipinski definition) is 0. The number of rotatable bonds is 9. The Kier molecular flexibility index (Phi) is 53.4. The molecule has 2 saturated carbocycles. The second kappa shape index (κ2) is 51.4. The lowest BCUT2D eigenvalue weighted by molar-refractivity contribution is -0.159. The molecule has 0 amide bonds. The van der Waals surface area contributed by atoms with Crippen molar-refractivity contribution in [3.63, 3.8) is 0 Å². The van der Waals surface area contributed by atoms with E-state index < -0.39 is 11.0 Å². The van der Waals surface area contributed by atoms with Crippen LogP contribution in [0.15, 0.2) is 60.7 Å². The Bertz CT molecular complexity index is 2690. The molecule has 2 aromatic rings. The smallest absolute Gasteiger partial charge is 0.338 e. The summed E-state index contributed by atoms with van der Waals surface area (Å²) in [4.78, 5) is 110. The SMILES string of the molecule is CC(=O)OC(C)(C)C.CC(C)(C)C(=O)OC1CCCC1.CC(C)(C)C(=O)Oc1ccccc1.CC(C)(C)OC(=O)c1ccccc1.CC(C)C(=O)OC(C)(C)C.CC(C)OC(=O)C(C)(C)C.CC(C)OC(=O)C1CCCC1.CCC(=O)OC(C)(C)C.CCOC(=O)C(C)(C)C.COC(=O)C(C)(C)C. The van der Waals surface area contributed by atoms with Gasteiger partial charge in [0.15, 0.2) is 0 Å². The molecule has 4 rings (SSSR count). The zero-order valence-corrected chi connectivity index (χ0v) is 71.4. The first-order valence-corrected chi connectivity index (χ1v) is 36.3. The number of hydrogen-bond acceptors (Lipinski definition) is 20. The largest absolute Gasteiger partial charge is 0.469 e. The van der Waals surface area contributed by atoms with E-state index in [9.17, 15) is 47.9 Å². The fourth-order valence-electron chi connectivity index (χ4n) is 6.79. The highest BCUT2D eigenvalue weighted by Gasteiger charge is 2.30. The Morgan fingerprint density at radius 3 is 1.02 bits per heavy atom. The fourth-order valence-corrected chi connectivity index (χ4v) is 6.79. The van der Waals surface area contributed by atoms with Crippen molar-refractivity contribution in [1.29, 1.82) is 0 Å². The summed E-state index contributed by atoms with van der Waals surface area (Å²) in [5.74, 6) is -0.685. The van der Waals surface area contributed by atoms with Gasteiger partial charge in [0.05, 0.1) is 70.4 Å². The van der Waals surface area contributed by atoms with Crippen LogP contribution in [0.2, 0.25) is 0 Å². The molecule has 2 aromatic carbocycles. The number of esters is 10. The van der Waals surface area contributed by atoms with Crippen molar-refractivity contribution in [2.24, 2.45) is 38.9 Å². The Morgan fingerprint density at radius 1 is 0.417 bits per heavy atom. The van der Waals surface area contributed by atoms with Crippen LogP contribution in [0.25, 0.3) is 0 Å². The molecule has 2 fully saturated rings. The second-order valence-corrected chi connectivity index (χ2v) is 34.6. The van der Waals surface area contributed by atoms with Crippen LogP contribution in [0.3, 0.4) is 0 Å². The van der Waals surface area contributed by atoms with E-state index in [2.05, 4.69) is 4.74 Å². The van der Waals surface area contributed by atoms with Crippen LogP contribution in [0.4, 0.5) is 0 Å². The molecule has 0 aromatic heterocycles. The van der Waals surface area contributed by atoms with Gasteiger partial charge in [0, 0.05) is 13.3 Å². The van der Waals surface area contributed by atoms with Crippen LogP contribution in [-0.2, 0) is 85.8 Å². The molecule has 0 bridgehead atoms. The summed E-state index contributed by atoms with van der Waals surface area (Å²) in [7, 11) is 1.40. The van der Waals surface area contributed by atoms with Crippen molar-refractivity contribution in [3.8, 4) is 5.75 Å². The molecule has 0 radical (unpaired) electrons. The summed E-state index contributed by atoms with van der Waals surface area (Å²) in [5.41, 5.74) is -2.70. The molecule has 0 heterocycles. The van der Waals surface area contributed by atoms with Gasteiger partial charge in [0.2, 0.25) is 0 Å². The predicted octanol–water partition coefficient (Wildman–Crippen LogP) is 19.8. The molecule has 2 aliphatic rings. The van der Waals surface area contributed by atoms with Crippen LogP contribution < -0.4 is 4.74 Å². The third-order valence-electron chi connectivity index (χ3n) is 11.9. The summed E-state index contributed by atoms with van der Waals surface area (Å²) in [6.07, 6.45) is 9.68. The van der Waals surface area contributed by atoms with E-state index in [1.54, 1.807) is 31.2 Å². The van der Waals surface area contributed by atoms with Crippen LogP contribution in [0.1, 0.15) is 317 Å². The molecule has 0 aliphatic heterocycles. The lowest BCUT2D eigenvalue weighted by Crippen LogP contribution is -2.26. The average molecular weight is 1460 g/mol. The topological polar surface area (TPSA) is 263 Å². The van der Waals surface area contributed by atoms with Crippen LogP contribution in [0.5, 0.6) is 5.75 Å². The van der Waals surface area contributed by atoms with Gasteiger partial charge in [0.25, 0.3) is 0 Å². The number of carbonyl (C=O) groups is 10. The molecule has 0 saturated heterocycles. The Hall–Kier alpha value is -6.86. The number of para-hydroxylation sites is 1. The maximum Gasteiger partial charge on any atom is 0.338 e. The first-order valence-electron chi connectivity index (χ1n) is 36.3. The first kappa shape index (κ1) is 107. The zero-order valence-electron chi connectivity index (χ0n) is 71.4. The molecule has 20 heteroatoms. The Morgan fingerprint density at radius 2 is 0.777 bits per heavy atom. The normalized spacial score (nSPS) is 13.0. The van der Waals surface area contributed by atoms with Gasteiger partial charge in [-0.2, -0.15) is 0 Å². The van der Waals surface area contributed by atoms with Gasteiger partial charge in [-0.05, 0) is 284 Å². The fraction of sp³-hybridized carbons (Fsp3) is 0.735.